The highest BCUT2D eigenvalue weighted by Gasteiger charge is 2.29. The van der Waals surface area contributed by atoms with Crippen molar-refractivity contribution in [1.82, 2.24) is 9.88 Å². The third-order valence-corrected chi connectivity index (χ3v) is 5.73. The number of furan rings is 1. The minimum Gasteiger partial charge on any atom is -0.459 e. The zero-order valence-corrected chi connectivity index (χ0v) is 19.3. The van der Waals surface area contributed by atoms with E-state index in [1.807, 2.05) is 66.2 Å². The van der Waals surface area contributed by atoms with E-state index in [9.17, 15) is 14.4 Å². The van der Waals surface area contributed by atoms with E-state index in [1.54, 1.807) is 19.9 Å². The number of carbonyl (C=O) groups excluding carboxylic acids is 3. The van der Waals surface area contributed by atoms with Crippen molar-refractivity contribution in [2.45, 2.75) is 19.9 Å². The molecule has 1 N–H and O–H groups in total. The van der Waals surface area contributed by atoms with Crippen LogP contribution in [0.1, 0.15) is 34.8 Å². The van der Waals surface area contributed by atoms with Crippen LogP contribution in [0, 0.1) is 5.92 Å². The number of benzene rings is 2. The van der Waals surface area contributed by atoms with Gasteiger partial charge in [0.15, 0.2) is 12.4 Å². The fraction of sp³-hybridized carbons (Fsp3) is 0.222. The van der Waals surface area contributed by atoms with E-state index in [1.165, 1.54) is 12.3 Å². The lowest BCUT2D eigenvalue weighted by Crippen LogP contribution is -2.45. The van der Waals surface area contributed by atoms with Crippen molar-refractivity contribution in [3.63, 3.8) is 0 Å². The lowest BCUT2D eigenvalue weighted by Gasteiger charge is -2.20. The average molecular weight is 459 g/mol. The van der Waals surface area contributed by atoms with Crippen LogP contribution in [0.25, 0.3) is 22.2 Å². The number of para-hydroxylation sites is 1. The van der Waals surface area contributed by atoms with Gasteiger partial charge in [-0.25, -0.2) is 4.79 Å². The highest BCUT2D eigenvalue weighted by molar-refractivity contribution is 6.14. The Morgan fingerprint density at radius 2 is 1.68 bits per heavy atom. The van der Waals surface area contributed by atoms with Crippen molar-refractivity contribution < 1.29 is 23.5 Å². The van der Waals surface area contributed by atoms with Gasteiger partial charge >= 0.3 is 5.97 Å². The molecule has 0 radical (unpaired) electrons. The number of esters is 1. The lowest BCUT2D eigenvalue weighted by molar-refractivity contribution is -0.145. The highest BCUT2D eigenvalue weighted by atomic mass is 16.5. The predicted octanol–water partition coefficient (Wildman–Crippen LogP) is 4.62. The molecule has 0 spiro atoms. The van der Waals surface area contributed by atoms with E-state index in [-0.39, 0.29) is 17.5 Å². The molecule has 4 aromatic rings. The van der Waals surface area contributed by atoms with E-state index in [2.05, 4.69) is 5.32 Å². The molecule has 7 heteroatoms. The smallest absolute Gasteiger partial charge is 0.329 e. The van der Waals surface area contributed by atoms with E-state index < -0.39 is 24.5 Å². The summed E-state index contributed by atoms with van der Waals surface area (Å²) >= 11 is 0. The number of aryl methyl sites for hydroxylation is 1. The van der Waals surface area contributed by atoms with Crippen molar-refractivity contribution in [3.05, 3.63) is 84.3 Å². The van der Waals surface area contributed by atoms with Crippen LogP contribution < -0.4 is 5.32 Å². The molecule has 4 rings (SSSR count). The quantitative estimate of drug-likeness (QED) is 0.307. The van der Waals surface area contributed by atoms with Crippen LogP contribution in [0.3, 0.4) is 0 Å². The Balaban J connectivity index is 1.57. The number of ether oxygens (including phenoxy) is 1. The number of aromatic nitrogens is 1. The highest BCUT2D eigenvalue weighted by Crippen LogP contribution is 2.33. The van der Waals surface area contributed by atoms with Crippen LogP contribution in [-0.2, 0) is 16.6 Å². The first kappa shape index (κ1) is 23.0. The summed E-state index contributed by atoms with van der Waals surface area (Å²) in [6, 6.07) is 19.4. The van der Waals surface area contributed by atoms with Crippen LogP contribution in [0.2, 0.25) is 0 Å². The molecule has 0 saturated carbocycles. The Kier molecular flexibility index (Phi) is 6.63. The number of hydrogen-bond acceptors (Lipinski definition) is 5. The third kappa shape index (κ3) is 4.50. The van der Waals surface area contributed by atoms with Crippen LogP contribution in [0.15, 0.2) is 77.4 Å². The molecular formula is C27H26N2O5. The Bertz CT molecular complexity index is 1320. The molecule has 2 aromatic carbocycles. The molecule has 0 saturated heterocycles. The van der Waals surface area contributed by atoms with E-state index in [0.717, 1.165) is 22.2 Å². The summed E-state index contributed by atoms with van der Waals surface area (Å²) in [5.74, 6) is -1.67. The summed E-state index contributed by atoms with van der Waals surface area (Å²) in [5, 5.41) is 3.42. The zero-order valence-electron chi connectivity index (χ0n) is 19.3. The minimum atomic E-state index is -0.925. The molecule has 1 atom stereocenters. The maximum absolute atomic E-state index is 13.4. The SMILES string of the molecule is CC(C)[C@H](NC(=O)c1ccco1)C(=O)OCC(=O)c1c(-c2ccccc2)n(C)c2ccccc12. The monoisotopic (exact) mass is 458 g/mol. The van der Waals surface area contributed by atoms with Crippen molar-refractivity contribution >= 4 is 28.6 Å². The molecule has 7 nitrogen and oxygen atoms in total. The number of hydrogen-bond donors (Lipinski definition) is 1. The van der Waals surface area contributed by atoms with Crippen LogP contribution in [0.4, 0.5) is 0 Å². The Morgan fingerprint density at radius 3 is 2.35 bits per heavy atom. The fourth-order valence-electron chi connectivity index (χ4n) is 4.03. The third-order valence-electron chi connectivity index (χ3n) is 5.73. The number of Topliss-reactive ketones (excluding diaryl/α,β-unsaturated/α-hetero) is 1. The minimum absolute atomic E-state index is 0.0952. The van der Waals surface area contributed by atoms with Gasteiger partial charge in [-0.05, 0) is 29.7 Å². The number of carbonyl (C=O) groups is 3. The maximum atomic E-state index is 13.4. The second-order valence-electron chi connectivity index (χ2n) is 8.37. The van der Waals surface area contributed by atoms with Gasteiger partial charge in [-0.2, -0.15) is 0 Å². The van der Waals surface area contributed by atoms with Gasteiger partial charge in [0, 0.05) is 18.0 Å². The summed E-state index contributed by atoms with van der Waals surface area (Å²) in [5.41, 5.74) is 3.05. The molecule has 34 heavy (non-hydrogen) atoms. The Morgan fingerprint density at radius 1 is 0.971 bits per heavy atom. The molecule has 0 aliphatic heterocycles. The zero-order chi connectivity index (χ0) is 24.2. The molecule has 1 amide bonds. The molecule has 0 aliphatic carbocycles. The number of nitrogens with one attached hydrogen (secondary N) is 1. The van der Waals surface area contributed by atoms with Crippen molar-refractivity contribution in [2.24, 2.45) is 13.0 Å². The molecule has 2 aromatic heterocycles. The van der Waals surface area contributed by atoms with Gasteiger partial charge in [0.05, 0.1) is 17.5 Å². The fourth-order valence-corrected chi connectivity index (χ4v) is 4.03. The van der Waals surface area contributed by atoms with Crippen LogP contribution in [0.5, 0.6) is 0 Å². The van der Waals surface area contributed by atoms with E-state index in [0.29, 0.717) is 5.56 Å². The molecular weight excluding hydrogens is 432 g/mol. The van der Waals surface area contributed by atoms with Gasteiger partial charge in [-0.3, -0.25) is 9.59 Å². The maximum Gasteiger partial charge on any atom is 0.329 e. The molecule has 174 valence electrons. The average Bonchev–Trinajstić information content (AvgIpc) is 3.48. The first-order chi connectivity index (χ1) is 16.4. The number of fused-ring (bicyclic) bond motifs is 1. The topological polar surface area (TPSA) is 90.5 Å². The van der Waals surface area contributed by atoms with E-state index in [4.69, 9.17) is 9.15 Å². The van der Waals surface area contributed by atoms with Gasteiger partial charge in [0.2, 0.25) is 5.78 Å². The van der Waals surface area contributed by atoms with Gasteiger partial charge in [-0.1, -0.05) is 62.4 Å². The van der Waals surface area contributed by atoms with Crippen LogP contribution in [-0.4, -0.2) is 34.9 Å². The van der Waals surface area contributed by atoms with Gasteiger partial charge in [-0.15, -0.1) is 0 Å². The molecule has 0 unspecified atom stereocenters. The first-order valence-electron chi connectivity index (χ1n) is 11.1. The van der Waals surface area contributed by atoms with Gasteiger partial charge in [0.1, 0.15) is 6.04 Å². The predicted molar refractivity (Wildman–Crippen MR) is 128 cm³/mol. The number of rotatable bonds is 8. The Labute approximate surface area is 197 Å². The van der Waals surface area contributed by atoms with Crippen molar-refractivity contribution in [2.75, 3.05) is 6.61 Å². The Hall–Kier alpha value is -4.13. The first-order valence-corrected chi connectivity index (χ1v) is 11.1. The number of amides is 1. The van der Waals surface area contributed by atoms with Gasteiger partial charge < -0.3 is 19.0 Å². The summed E-state index contributed by atoms with van der Waals surface area (Å²) in [7, 11) is 1.91. The lowest BCUT2D eigenvalue weighted by atomic mass is 10.0. The van der Waals surface area contributed by atoms with Crippen LogP contribution >= 0.6 is 0 Å². The van der Waals surface area contributed by atoms with Crippen molar-refractivity contribution in [1.29, 1.82) is 0 Å². The van der Waals surface area contributed by atoms with Crippen molar-refractivity contribution in [3.8, 4) is 11.3 Å². The summed E-state index contributed by atoms with van der Waals surface area (Å²) in [6.45, 7) is 3.13. The second kappa shape index (κ2) is 9.79. The molecule has 0 aliphatic rings. The van der Waals surface area contributed by atoms with E-state index >= 15 is 0 Å². The summed E-state index contributed by atoms with van der Waals surface area (Å²) < 4.78 is 12.5. The molecule has 0 fully saturated rings. The molecule has 0 bridgehead atoms. The standard InChI is InChI=1S/C27H26N2O5/c1-17(2)24(28-26(31)22-14-9-15-33-22)27(32)34-16-21(30)23-19-12-7-8-13-20(19)29(3)25(23)18-10-5-4-6-11-18/h4-15,17,24H,16H2,1-3H3,(H,28,31)/t24-/m0/s1. The van der Waals surface area contributed by atoms with Gasteiger partial charge in [0.25, 0.3) is 5.91 Å². The number of ketones is 1. The summed E-state index contributed by atoms with van der Waals surface area (Å²) in [4.78, 5) is 38.6. The number of nitrogens with zero attached hydrogens (tertiary/aromatic N) is 1. The summed E-state index contributed by atoms with van der Waals surface area (Å²) in [6.07, 6.45) is 1.38. The normalized spacial score (nSPS) is 12.0. The second-order valence-corrected chi connectivity index (χ2v) is 8.37. The molecule has 2 heterocycles. The largest absolute Gasteiger partial charge is 0.459 e.